The van der Waals surface area contributed by atoms with Crippen molar-refractivity contribution in [3.05, 3.63) is 46.2 Å². The van der Waals surface area contributed by atoms with Crippen LogP contribution in [-0.4, -0.2) is 44.8 Å². The standard InChI is InChI=1S/C21H26N8O/c1-27-19(30)17-18(25-20(27)24-11-6-10-22)26-21(28-12-5-9-16(23)14-28)29(17)13-15-7-3-2-4-8-15/h2-4,7-8,16H,5-6,9,11-14,23H2,1H3,(H,24,25). The summed E-state index contributed by atoms with van der Waals surface area (Å²) in [5.74, 6) is 1.14. The summed E-state index contributed by atoms with van der Waals surface area (Å²) in [4.78, 5) is 24.8. The molecule has 3 aromatic rings. The second kappa shape index (κ2) is 8.55. The van der Waals surface area contributed by atoms with Gasteiger partial charge in [0.1, 0.15) is 0 Å². The molecule has 0 saturated carbocycles. The molecule has 1 saturated heterocycles. The van der Waals surface area contributed by atoms with Gasteiger partial charge in [-0.05, 0) is 18.4 Å². The third-order valence-electron chi connectivity index (χ3n) is 5.41. The van der Waals surface area contributed by atoms with E-state index in [-0.39, 0.29) is 11.6 Å². The number of aromatic nitrogens is 4. The van der Waals surface area contributed by atoms with E-state index in [0.29, 0.717) is 43.2 Å². The Morgan fingerprint density at radius 3 is 2.83 bits per heavy atom. The normalized spacial score (nSPS) is 16.6. The predicted octanol–water partition coefficient (Wildman–Crippen LogP) is 1.43. The fourth-order valence-corrected chi connectivity index (χ4v) is 3.89. The second-order valence-electron chi connectivity index (χ2n) is 7.64. The highest BCUT2D eigenvalue weighted by atomic mass is 16.1. The van der Waals surface area contributed by atoms with Crippen molar-refractivity contribution in [3.63, 3.8) is 0 Å². The van der Waals surface area contributed by atoms with E-state index in [1.54, 1.807) is 7.05 Å². The molecule has 3 heterocycles. The summed E-state index contributed by atoms with van der Waals surface area (Å²) in [7, 11) is 1.68. The first-order valence-electron chi connectivity index (χ1n) is 10.2. The lowest BCUT2D eigenvalue weighted by Gasteiger charge is -2.31. The Balaban J connectivity index is 1.83. The fourth-order valence-electron chi connectivity index (χ4n) is 3.89. The van der Waals surface area contributed by atoms with Crippen LogP contribution < -0.4 is 21.5 Å². The van der Waals surface area contributed by atoms with E-state index >= 15 is 0 Å². The number of fused-ring (bicyclic) bond motifs is 1. The molecule has 0 spiro atoms. The molecule has 1 aliphatic rings. The molecule has 9 nitrogen and oxygen atoms in total. The maximum absolute atomic E-state index is 13.3. The molecule has 1 aliphatic heterocycles. The van der Waals surface area contributed by atoms with Crippen LogP contribution in [0.5, 0.6) is 0 Å². The smallest absolute Gasteiger partial charge is 0.281 e. The number of nitriles is 1. The Bertz CT molecular complexity index is 1130. The van der Waals surface area contributed by atoms with Crippen LogP contribution in [0.1, 0.15) is 24.8 Å². The summed E-state index contributed by atoms with van der Waals surface area (Å²) < 4.78 is 3.44. The molecule has 2 aromatic heterocycles. The molecule has 1 atom stereocenters. The van der Waals surface area contributed by atoms with Crippen LogP contribution in [0.25, 0.3) is 11.2 Å². The Labute approximate surface area is 174 Å². The van der Waals surface area contributed by atoms with Crippen molar-refractivity contribution in [2.24, 2.45) is 12.8 Å². The lowest BCUT2D eigenvalue weighted by Crippen LogP contribution is -2.44. The van der Waals surface area contributed by atoms with Gasteiger partial charge in [0.25, 0.3) is 5.56 Å². The lowest BCUT2D eigenvalue weighted by atomic mass is 10.1. The third-order valence-corrected chi connectivity index (χ3v) is 5.41. The maximum Gasteiger partial charge on any atom is 0.281 e. The molecule has 0 bridgehead atoms. The van der Waals surface area contributed by atoms with Gasteiger partial charge in [-0.25, -0.2) is 0 Å². The minimum atomic E-state index is -0.171. The number of nitrogens with two attached hydrogens (primary N) is 1. The van der Waals surface area contributed by atoms with Crippen molar-refractivity contribution in [2.45, 2.75) is 31.8 Å². The van der Waals surface area contributed by atoms with Gasteiger partial charge in [0.2, 0.25) is 11.9 Å². The molecule has 3 N–H and O–H groups in total. The van der Waals surface area contributed by atoms with E-state index in [9.17, 15) is 4.79 Å². The third kappa shape index (κ3) is 3.86. The highest BCUT2D eigenvalue weighted by molar-refractivity contribution is 5.75. The summed E-state index contributed by atoms with van der Waals surface area (Å²) in [6.07, 6.45) is 2.30. The van der Waals surface area contributed by atoms with E-state index in [1.807, 2.05) is 34.9 Å². The first-order valence-corrected chi connectivity index (χ1v) is 10.2. The number of imidazole rings is 1. The van der Waals surface area contributed by atoms with Crippen LogP contribution in [0.2, 0.25) is 0 Å². The number of nitrogens with zero attached hydrogens (tertiary/aromatic N) is 6. The van der Waals surface area contributed by atoms with Gasteiger partial charge in [-0.2, -0.15) is 15.2 Å². The van der Waals surface area contributed by atoms with Crippen LogP contribution in [0.3, 0.4) is 0 Å². The number of piperidine rings is 1. The lowest BCUT2D eigenvalue weighted by molar-refractivity contribution is 0.495. The molecule has 30 heavy (non-hydrogen) atoms. The van der Waals surface area contributed by atoms with Crippen molar-refractivity contribution in [2.75, 3.05) is 29.9 Å². The number of nitrogens with one attached hydrogen (secondary N) is 1. The first kappa shape index (κ1) is 19.9. The maximum atomic E-state index is 13.3. The van der Waals surface area contributed by atoms with Gasteiger partial charge in [0, 0.05) is 32.7 Å². The Morgan fingerprint density at radius 2 is 2.10 bits per heavy atom. The Kier molecular flexibility index (Phi) is 5.68. The predicted molar refractivity (Wildman–Crippen MR) is 116 cm³/mol. The van der Waals surface area contributed by atoms with Crippen LogP contribution in [0, 0.1) is 11.3 Å². The Hall–Kier alpha value is -3.38. The molecule has 156 valence electrons. The van der Waals surface area contributed by atoms with Crippen molar-refractivity contribution in [1.29, 1.82) is 5.26 Å². The quantitative estimate of drug-likeness (QED) is 0.595. The number of anilines is 2. The summed E-state index contributed by atoms with van der Waals surface area (Å²) in [5.41, 5.74) is 8.00. The largest absolute Gasteiger partial charge is 0.354 e. The highest BCUT2D eigenvalue weighted by Gasteiger charge is 2.25. The topological polar surface area (TPSA) is 118 Å². The highest BCUT2D eigenvalue weighted by Crippen LogP contribution is 2.24. The second-order valence-corrected chi connectivity index (χ2v) is 7.64. The van der Waals surface area contributed by atoms with Gasteiger partial charge in [0.05, 0.1) is 19.0 Å². The minimum absolute atomic E-state index is 0.0859. The summed E-state index contributed by atoms with van der Waals surface area (Å²) in [6.45, 7) is 2.49. The fraction of sp³-hybridized carbons (Fsp3) is 0.429. The van der Waals surface area contributed by atoms with Crippen molar-refractivity contribution < 1.29 is 0 Å². The van der Waals surface area contributed by atoms with Crippen molar-refractivity contribution in [3.8, 4) is 6.07 Å². The molecule has 1 unspecified atom stereocenters. The van der Waals surface area contributed by atoms with Crippen LogP contribution in [0.4, 0.5) is 11.9 Å². The average molecular weight is 406 g/mol. The summed E-state index contributed by atoms with van der Waals surface area (Å²) in [5, 5.41) is 11.8. The zero-order valence-electron chi connectivity index (χ0n) is 17.1. The molecule has 1 aromatic carbocycles. The van der Waals surface area contributed by atoms with Gasteiger partial charge in [0.15, 0.2) is 11.2 Å². The number of hydrogen-bond acceptors (Lipinski definition) is 7. The van der Waals surface area contributed by atoms with E-state index < -0.39 is 0 Å². The van der Waals surface area contributed by atoms with E-state index in [4.69, 9.17) is 16.0 Å². The van der Waals surface area contributed by atoms with Gasteiger partial charge in [-0.3, -0.25) is 13.9 Å². The summed E-state index contributed by atoms with van der Waals surface area (Å²) in [6, 6.07) is 12.2. The van der Waals surface area contributed by atoms with Gasteiger partial charge >= 0.3 is 0 Å². The molecule has 9 heteroatoms. The van der Waals surface area contributed by atoms with E-state index in [2.05, 4.69) is 21.3 Å². The average Bonchev–Trinajstić information content (AvgIpc) is 3.10. The number of benzene rings is 1. The molecule has 0 radical (unpaired) electrons. The minimum Gasteiger partial charge on any atom is -0.354 e. The van der Waals surface area contributed by atoms with E-state index in [1.165, 1.54) is 4.57 Å². The molecular weight excluding hydrogens is 380 g/mol. The van der Waals surface area contributed by atoms with Crippen LogP contribution in [0.15, 0.2) is 35.1 Å². The van der Waals surface area contributed by atoms with Crippen molar-refractivity contribution in [1.82, 2.24) is 19.1 Å². The van der Waals surface area contributed by atoms with Crippen molar-refractivity contribution >= 4 is 23.1 Å². The zero-order valence-corrected chi connectivity index (χ0v) is 17.1. The van der Waals surface area contributed by atoms with Crippen LogP contribution >= 0.6 is 0 Å². The molecule has 4 rings (SSSR count). The SMILES string of the molecule is Cn1c(NCCC#N)nc2nc(N3CCCC(N)C3)n(Cc3ccccc3)c2c1=O. The molecule has 0 aliphatic carbocycles. The van der Waals surface area contributed by atoms with E-state index in [0.717, 1.165) is 30.9 Å². The number of rotatable bonds is 6. The summed E-state index contributed by atoms with van der Waals surface area (Å²) >= 11 is 0. The molecule has 0 amide bonds. The molecule has 1 fully saturated rings. The van der Waals surface area contributed by atoms with Gasteiger partial charge < -0.3 is 16.0 Å². The van der Waals surface area contributed by atoms with Gasteiger partial charge in [-0.15, -0.1) is 0 Å². The molecular formula is C21H26N8O. The first-order chi connectivity index (χ1) is 14.6. The number of hydrogen-bond donors (Lipinski definition) is 2. The van der Waals surface area contributed by atoms with Crippen LogP contribution in [-0.2, 0) is 13.6 Å². The van der Waals surface area contributed by atoms with Gasteiger partial charge in [-0.1, -0.05) is 30.3 Å². The zero-order chi connectivity index (χ0) is 21.1. The Morgan fingerprint density at radius 1 is 1.30 bits per heavy atom. The monoisotopic (exact) mass is 406 g/mol.